The summed E-state index contributed by atoms with van der Waals surface area (Å²) in [5.74, 6) is 2.29. The third kappa shape index (κ3) is 6.71. The molecule has 0 aliphatic carbocycles. The van der Waals surface area contributed by atoms with E-state index in [9.17, 15) is 4.79 Å². The minimum Gasteiger partial charge on any atom is -0.354 e. The van der Waals surface area contributed by atoms with E-state index < -0.39 is 0 Å². The van der Waals surface area contributed by atoms with Gasteiger partial charge in [-0.2, -0.15) is 5.10 Å². The molecule has 0 atom stereocenters. The molecule has 1 aromatic heterocycles. The molecule has 1 fully saturated rings. The second kappa shape index (κ2) is 12.5. The van der Waals surface area contributed by atoms with Crippen molar-refractivity contribution in [1.82, 2.24) is 19.6 Å². The van der Waals surface area contributed by atoms with E-state index in [-0.39, 0.29) is 5.91 Å². The molecule has 2 aromatic carbocycles. The SMILES string of the molecule is Cc1nn(-c2ccccc2)c(N2CCN(C)CC2)c1CN(CCC(C)C)C(=O)CSc1ccccc1. The Hall–Kier alpha value is -2.77. The molecule has 2 heterocycles. The summed E-state index contributed by atoms with van der Waals surface area (Å²) in [6, 6.07) is 20.5. The summed E-state index contributed by atoms with van der Waals surface area (Å²) in [5, 5.41) is 4.99. The number of benzene rings is 2. The number of nitrogens with zero attached hydrogens (tertiary/aromatic N) is 5. The van der Waals surface area contributed by atoms with Gasteiger partial charge in [0.15, 0.2) is 0 Å². The summed E-state index contributed by atoms with van der Waals surface area (Å²) in [5.41, 5.74) is 3.21. The molecule has 0 radical (unpaired) electrons. The first-order chi connectivity index (χ1) is 17.4. The lowest BCUT2D eigenvalue weighted by molar-refractivity contribution is -0.129. The van der Waals surface area contributed by atoms with Crippen LogP contribution in [0, 0.1) is 12.8 Å². The van der Waals surface area contributed by atoms with Gasteiger partial charge in [0.2, 0.25) is 5.91 Å². The summed E-state index contributed by atoms with van der Waals surface area (Å²) in [4.78, 5) is 21.5. The highest BCUT2D eigenvalue weighted by molar-refractivity contribution is 8.00. The van der Waals surface area contributed by atoms with Crippen molar-refractivity contribution in [3.63, 3.8) is 0 Å². The van der Waals surface area contributed by atoms with Crippen LogP contribution in [0.15, 0.2) is 65.6 Å². The minimum absolute atomic E-state index is 0.181. The van der Waals surface area contributed by atoms with Gasteiger partial charge in [0.1, 0.15) is 5.82 Å². The van der Waals surface area contributed by atoms with E-state index in [2.05, 4.69) is 83.6 Å². The number of carbonyl (C=O) groups is 1. The van der Waals surface area contributed by atoms with Crippen LogP contribution in [-0.4, -0.2) is 71.0 Å². The highest BCUT2D eigenvalue weighted by Crippen LogP contribution is 2.30. The molecule has 1 amide bonds. The van der Waals surface area contributed by atoms with Gasteiger partial charge in [-0.15, -0.1) is 11.8 Å². The molecule has 1 aliphatic heterocycles. The Kier molecular flexibility index (Phi) is 9.10. The van der Waals surface area contributed by atoms with Gasteiger partial charge < -0.3 is 14.7 Å². The van der Waals surface area contributed by atoms with Crippen LogP contribution in [0.4, 0.5) is 5.82 Å². The van der Waals surface area contributed by atoms with Crippen molar-refractivity contribution >= 4 is 23.5 Å². The summed E-state index contributed by atoms with van der Waals surface area (Å²) in [7, 11) is 2.18. The van der Waals surface area contributed by atoms with Gasteiger partial charge in [-0.05, 0) is 50.6 Å². The van der Waals surface area contributed by atoms with Gasteiger partial charge in [0, 0.05) is 43.2 Å². The topological polar surface area (TPSA) is 44.6 Å². The van der Waals surface area contributed by atoms with E-state index in [1.165, 1.54) is 0 Å². The maximum Gasteiger partial charge on any atom is 0.233 e. The molecule has 4 rings (SSSR count). The van der Waals surface area contributed by atoms with Gasteiger partial charge in [-0.1, -0.05) is 50.2 Å². The Morgan fingerprint density at radius 1 is 1.00 bits per heavy atom. The quantitative estimate of drug-likeness (QED) is 0.359. The number of piperazine rings is 1. The number of rotatable bonds is 10. The summed E-state index contributed by atoms with van der Waals surface area (Å²) in [6.45, 7) is 11.8. The van der Waals surface area contributed by atoms with Crippen LogP contribution in [0.5, 0.6) is 0 Å². The van der Waals surface area contributed by atoms with E-state index in [1.807, 2.05) is 24.3 Å². The number of anilines is 1. The maximum absolute atomic E-state index is 13.5. The first kappa shape index (κ1) is 26.3. The maximum atomic E-state index is 13.5. The number of aryl methyl sites for hydroxylation is 1. The lowest BCUT2D eigenvalue weighted by Crippen LogP contribution is -2.45. The number of amides is 1. The van der Waals surface area contributed by atoms with E-state index >= 15 is 0 Å². The standard InChI is InChI=1S/C29H39N5OS/c1-23(2)15-16-33(28(35)22-36-26-13-9-6-10-14-26)21-27-24(3)30-34(25-11-7-5-8-12-25)29(27)32-19-17-31(4)18-20-32/h5-14,23H,15-22H2,1-4H3. The molecule has 0 bridgehead atoms. The fourth-order valence-corrected chi connectivity index (χ4v) is 5.30. The lowest BCUT2D eigenvalue weighted by atomic mass is 10.1. The zero-order valence-electron chi connectivity index (χ0n) is 22.1. The number of aromatic nitrogens is 2. The van der Waals surface area contributed by atoms with Crippen molar-refractivity contribution in [3.8, 4) is 5.69 Å². The molecule has 1 aliphatic rings. The molecule has 1 saturated heterocycles. The van der Waals surface area contributed by atoms with Gasteiger partial charge >= 0.3 is 0 Å². The Labute approximate surface area is 220 Å². The van der Waals surface area contributed by atoms with Gasteiger partial charge in [-0.25, -0.2) is 4.68 Å². The van der Waals surface area contributed by atoms with Crippen molar-refractivity contribution < 1.29 is 4.79 Å². The Balaban J connectivity index is 1.63. The normalized spacial score (nSPS) is 14.4. The Morgan fingerprint density at radius 2 is 1.64 bits per heavy atom. The highest BCUT2D eigenvalue weighted by Gasteiger charge is 2.27. The van der Waals surface area contributed by atoms with Crippen molar-refractivity contribution in [1.29, 1.82) is 0 Å². The summed E-state index contributed by atoms with van der Waals surface area (Å²) >= 11 is 1.61. The van der Waals surface area contributed by atoms with Crippen LogP contribution in [-0.2, 0) is 11.3 Å². The molecule has 192 valence electrons. The predicted octanol–water partition coefficient (Wildman–Crippen LogP) is 5.10. The smallest absolute Gasteiger partial charge is 0.233 e. The minimum atomic E-state index is 0.181. The van der Waals surface area contributed by atoms with Gasteiger partial charge in [-0.3, -0.25) is 4.79 Å². The highest BCUT2D eigenvalue weighted by atomic mass is 32.2. The number of para-hydroxylation sites is 1. The summed E-state index contributed by atoms with van der Waals surface area (Å²) < 4.78 is 2.08. The number of carbonyl (C=O) groups excluding carboxylic acids is 1. The van der Waals surface area contributed by atoms with Gasteiger partial charge in [0.25, 0.3) is 0 Å². The zero-order chi connectivity index (χ0) is 25.5. The third-order valence-electron chi connectivity index (χ3n) is 6.74. The molecular weight excluding hydrogens is 466 g/mol. The number of hydrogen-bond acceptors (Lipinski definition) is 5. The third-order valence-corrected chi connectivity index (χ3v) is 7.74. The van der Waals surface area contributed by atoms with Crippen molar-refractivity contribution in [2.45, 2.75) is 38.6 Å². The molecule has 3 aromatic rings. The van der Waals surface area contributed by atoms with Crippen LogP contribution in [0.1, 0.15) is 31.5 Å². The average Bonchev–Trinajstić information content (AvgIpc) is 3.22. The largest absolute Gasteiger partial charge is 0.354 e. The van der Waals surface area contributed by atoms with E-state index in [1.54, 1.807) is 11.8 Å². The molecule has 0 spiro atoms. The Bertz CT molecular complexity index is 1110. The van der Waals surface area contributed by atoms with Crippen LogP contribution >= 0.6 is 11.8 Å². The fraction of sp³-hybridized carbons (Fsp3) is 0.448. The van der Waals surface area contributed by atoms with Crippen LogP contribution in [0.2, 0.25) is 0 Å². The molecule has 36 heavy (non-hydrogen) atoms. The van der Waals surface area contributed by atoms with Gasteiger partial charge in [0.05, 0.1) is 23.7 Å². The van der Waals surface area contributed by atoms with Crippen molar-refractivity contribution in [3.05, 3.63) is 71.9 Å². The summed E-state index contributed by atoms with van der Waals surface area (Å²) in [6.07, 6.45) is 0.984. The number of thioether (sulfide) groups is 1. The Morgan fingerprint density at radius 3 is 2.28 bits per heavy atom. The van der Waals surface area contributed by atoms with Crippen molar-refractivity contribution in [2.75, 3.05) is 50.4 Å². The second-order valence-corrected chi connectivity index (χ2v) is 11.1. The molecule has 7 heteroatoms. The number of likely N-dealkylation sites (N-methyl/N-ethyl adjacent to an activating group) is 1. The van der Waals surface area contributed by atoms with E-state index in [0.717, 1.165) is 66.8 Å². The monoisotopic (exact) mass is 505 g/mol. The molecule has 0 unspecified atom stereocenters. The van der Waals surface area contributed by atoms with E-state index in [4.69, 9.17) is 5.10 Å². The second-order valence-electron chi connectivity index (χ2n) is 10.0. The molecule has 0 N–H and O–H groups in total. The first-order valence-corrected chi connectivity index (χ1v) is 13.9. The molecular formula is C29H39N5OS. The van der Waals surface area contributed by atoms with Crippen LogP contribution in [0.25, 0.3) is 5.69 Å². The van der Waals surface area contributed by atoms with E-state index in [0.29, 0.717) is 18.2 Å². The fourth-order valence-electron chi connectivity index (χ4n) is 4.47. The van der Waals surface area contributed by atoms with Crippen LogP contribution < -0.4 is 4.90 Å². The zero-order valence-corrected chi connectivity index (χ0v) is 22.9. The van der Waals surface area contributed by atoms with Crippen LogP contribution in [0.3, 0.4) is 0 Å². The van der Waals surface area contributed by atoms with Crippen molar-refractivity contribution in [2.24, 2.45) is 5.92 Å². The lowest BCUT2D eigenvalue weighted by Gasteiger charge is -2.35. The number of hydrogen-bond donors (Lipinski definition) is 0. The first-order valence-electron chi connectivity index (χ1n) is 13.0. The molecule has 6 nitrogen and oxygen atoms in total. The predicted molar refractivity (Wildman–Crippen MR) is 150 cm³/mol. The molecule has 0 saturated carbocycles. The average molecular weight is 506 g/mol.